The number of nitrogens with one attached hydrogen (secondary N) is 1. The Balaban J connectivity index is 2.15. The van der Waals surface area contributed by atoms with Crippen LogP contribution in [0.4, 0.5) is 11.4 Å². The number of amides is 1. The highest BCUT2D eigenvalue weighted by atomic mass is 16.3. The molecule has 0 unspecified atom stereocenters. The van der Waals surface area contributed by atoms with Gasteiger partial charge in [0.2, 0.25) is 0 Å². The van der Waals surface area contributed by atoms with Crippen LogP contribution in [0.1, 0.15) is 17.3 Å². The maximum absolute atomic E-state index is 12.3. The zero-order valence-corrected chi connectivity index (χ0v) is 12.3. The number of hydrogen-bond acceptors (Lipinski definition) is 4. The van der Waals surface area contributed by atoms with Gasteiger partial charge in [-0.2, -0.15) is 5.10 Å². The molecule has 0 spiro atoms. The molecule has 1 amide bonds. The minimum absolute atomic E-state index is 0.0345. The Morgan fingerprint density at radius 2 is 2.24 bits per heavy atom. The third kappa shape index (κ3) is 3.82. The topological polar surface area (TPSA) is 70.4 Å². The smallest absolute Gasteiger partial charge is 0.253 e. The highest BCUT2D eigenvalue weighted by Gasteiger charge is 2.13. The second kappa shape index (κ2) is 6.90. The number of benzene rings is 1. The molecule has 0 radical (unpaired) electrons. The van der Waals surface area contributed by atoms with Crippen LogP contribution < -0.4 is 5.32 Å². The van der Waals surface area contributed by atoms with Crippen molar-refractivity contribution in [1.29, 1.82) is 0 Å². The van der Waals surface area contributed by atoms with E-state index >= 15 is 0 Å². The molecule has 0 aliphatic heterocycles. The third-order valence-electron chi connectivity index (χ3n) is 3.14. The Morgan fingerprint density at radius 1 is 1.43 bits per heavy atom. The minimum Gasteiger partial charge on any atom is -0.395 e. The molecular formula is C15H20N4O2. The second-order valence-electron chi connectivity index (χ2n) is 4.72. The summed E-state index contributed by atoms with van der Waals surface area (Å²) < 4.78 is 1.71. The lowest BCUT2D eigenvalue weighted by atomic mass is 10.1. The molecule has 0 fully saturated rings. The Hall–Kier alpha value is -2.34. The molecule has 6 heteroatoms. The van der Waals surface area contributed by atoms with E-state index in [1.807, 2.05) is 32.3 Å². The number of hydrogen-bond donors (Lipinski definition) is 2. The van der Waals surface area contributed by atoms with Gasteiger partial charge in [-0.15, -0.1) is 0 Å². The van der Waals surface area contributed by atoms with E-state index in [1.54, 1.807) is 27.9 Å². The monoisotopic (exact) mass is 288 g/mol. The predicted octanol–water partition coefficient (Wildman–Crippen LogP) is 1.62. The number of nitrogens with zero attached hydrogens (tertiary/aromatic N) is 3. The van der Waals surface area contributed by atoms with Gasteiger partial charge in [0, 0.05) is 37.6 Å². The van der Waals surface area contributed by atoms with Gasteiger partial charge in [0.15, 0.2) is 0 Å². The maximum atomic E-state index is 12.3. The molecule has 0 saturated carbocycles. The van der Waals surface area contributed by atoms with Crippen LogP contribution in [0.2, 0.25) is 0 Å². The molecule has 2 rings (SSSR count). The summed E-state index contributed by atoms with van der Waals surface area (Å²) in [5.41, 5.74) is 2.29. The lowest BCUT2D eigenvalue weighted by molar-refractivity contribution is 0.0732. The first-order valence-corrected chi connectivity index (χ1v) is 6.90. The van der Waals surface area contributed by atoms with Crippen LogP contribution in [-0.4, -0.2) is 45.4 Å². The van der Waals surface area contributed by atoms with Gasteiger partial charge in [-0.3, -0.25) is 9.48 Å². The summed E-state index contributed by atoms with van der Waals surface area (Å²) in [6.45, 7) is 2.77. The molecule has 0 atom stereocenters. The van der Waals surface area contributed by atoms with Crippen molar-refractivity contribution in [3.63, 3.8) is 0 Å². The van der Waals surface area contributed by atoms with Crippen LogP contribution >= 0.6 is 0 Å². The van der Waals surface area contributed by atoms with Crippen molar-refractivity contribution in [3.05, 3.63) is 42.2 Å². The predicted molar refractivity (Wildman–Crippen MR) is 81.6 cm³/mol. The quantitative estimate of drug-likeness (QED) is 0.847. The van der Waals surface area contributed by atoms with E-state index in [0.29, 0.717) is 18.7 Å². The van der Waals surface area contributed by atoms with Crippen LogP contribution in [-0.2, 0) is 7.05 Å². The van der Waals surface area contributed by atoms with Gasteiger partial charge in [-0.25, -0.2) is 0 Å². The van der Waals surface area contributed by atoms with Gasteiger partial charge >= 0.3 is 0 Å². The number of carbonyl (C=O) groups excluding carboxylic acids is 1. The molecule has 1 aromatic carbocycles. The molecule has 1 heterocycles. The largest absolute Gasteiger partial charge is 0.395 e. The van der Waals surface area contributed by atoms with Crippen LogP contribution in [0.3, 0.4) is 0 Å². The first kappa shape index (κ1) is 15.1. The first-order valence-electron chi connectivity index (χ1n) is 6.90. The van der Waals surface area contributed by atoms with Gasteiger partial charge in [0.1, 0.15) is 0 Å². The van der Waals surface area contributed by atoms with Gasteiger partial charge in [0.25, 0.3) is 5.91 Å². The van der Waals surface area contributed by atoms with Crippen molar-refractivity contribution in [2.75, 3.05) is 25.0 Å². The molecule has 0 bridgehead atoms. The third-order valence-corrected chi connectivity index (χ3v) is 3.14. The van der Waals surface area contributed by atoms with Crippen molar-refractivity contribution >= 4 is 17.3 Å². The summed E-state index contributed by atoms with van der Waals surface area (Å²) in [4.78, 5) is 14.0. The maximum Gasteiger partial charge on any atom is 0.253 e. The molecule has 2 aromatic rings. The van der Waals surface area contributed by atoms with Gasteiger partial charge < -0.3 is 15.3 Å². The summed E-state index contributed by atoms with van der Waals surface area (Å²) in [5.74, 6) is -0.0820. The molecular weight excluding hydrogens is 268 g/mol. The van der Waals surface area contributed by atoms with Crippen molar-refractivity contribution < 1.29 is 9.90 Å². The van der Waals surface area contributed by atoms with E-state index in [-0.39, 0.29) is 12.5 Å². The zero-order chi connectivity index (χ0) is 15.2. The van der Waals surface area contributed by atoms with Gasteiger partial charge in [-0.05, 0) is 25.1 Å². The SMILES string of the molecule is CCN(CCO)C(=O)c1cccc(Nc2cnn(C)c2)c1. The standard InChI is InChI=1S/C15H20N4O2/c1-3-19(7-8-20)15(21)12-5-4-6-13(9-12)17-14-10-16-18(2)11-14/h4-6,9-11,17,20H,3,7-8H2,1-2H3. The van der Waals surface area contributed by atoms with E-state index in [4.69, 9.17) is 5.11 Å². The molecule has 0 aliphatic carbocycles. The minimum atomic E-state index is -0.0820. The summed E-state index contributed by atoms with van der Waals surface area (Å²) >= 11 is 0. The average molecular weight is 288 g/mol. The van der Waals surface area contributed by atoms with Crippen LogP contribution in [0.5, 0.6) is 0 Å². The fraction of sp³-hybridized carbons (Fsp3) is 0.333. The Morgan fingerprint density at radius 3 is 2.86 bits per heavy atom. The Kier molecular flexibility index (Phi) is 4.94. The fourth-order valence-corrected chi connectivity index (χ4v) is 2.09. The van der Waals surface area contributed by atoms with Crippen molar-refractivity contribution in [1.82, 2.24) is 14.7 Å². The Bertz CT molecular complexity index is 609. The summed E-state index contributed by atoms with van der Waals surface area (Å²) in [5, 5.41) is 16.3. The molecule has 112 valence electrons. The van der Waals surface area contributed by atoms with E-state index in [2.05, 4.69) is 10.4 Å². The lowest BCUT2D eigenvalue weighted by Gasteiger charge is -2.20. The van der Waals surface area contributed by atoms with Crippen molar-refractivity contribution in [3.8, 4) is 0 Å². The lowest BCUT2D eigenvalue weighted by Crippen LogP contribution is -2.33. The summed E-state index contributed by atoms with van der Waals surface area (Å²) in [6, 6.07) is 7.30. The van der Waals surface area contributed by atoms with Crippen molar-refractivity contribution in [2.24, 2.45) is 7.05 Å². The first-order chi connectivity index (χ1) is 10.1. The van der Waals surface area contributed by atoms with Crippen LogP contribution in [0.25, 0.3) is 0 Å². The van der Waals surface area contributed by atoms with E-state index in [9.17, 15) is 4.79 Å². The van der Waals surface area contributed by atoms with E-state index in [0.717, 1.165) is 11.4 Å². The second-order valence-corrected chi connectivity index (χ2v) is 4.72. The number of aliphatic hydroxyl groups excluding tert-OH is 1. The normalized spacial score (nSPS) is 10.4. The molecule has 0 saturated heterocycles. The molecule has 2 N–H and O–H groups in total. The summed E-state index contributed by atoms with van der Waals surface area (Å²) in [6.07, 6.45) is 3.58. The number of likely N-dealkylation sites (N-methyl/N-ethyl adjacent to an activating group) is 1. The molecule has 0 aliphatic rings. The number of aliphatic hydroxyl groups is 1. The highest BCUT2D eigenvalue weighted by molar-refractivity contribution is 5.95. The fourth-order valence-electron chi connectivity index (χ4n) is 2.09. The van der Waals surface area contributed by atoms with Gasteiger partial charge in [0.05, 0.1) is 18.5 Å². The molecule has 6 nitrogen and oxygen atoms in total. The average Bonchev–Trinajstić information content (AvgIpc) is 2.89. The Labute approximate surface area is 124 Å². The number of aromatic nitrogens is 2. The number of carbonyl (C=O) groups is 1. The van der Waals surface area contributed by atoms with E-state index in [1.165, 1.54) is 0 Å². The summed E-state index contributed by atoms with van der Waals surface area (Å²) in [7, 11) is 1.85. The number of aryl methyl sites for hydroxylation is 1. The molecule has 1 aromatic heterocycles. The van der Waals surface area contributed by atoms with Crippen LogP contribution in [0.15, 0.2) is 36.7 Å². The molecule has 21 heavy (non-hydrogen) atoms. The van der Waals surface area contributed by atoms with Crippen molar-refractivity contribution in [2.45, 2.75) is 6.92 Å². The number of anilines is 2. The van der Waals surface area contributed by atoms with E-state index < -0.39 is 0 Å². The highest BCUT2D eigenvalue weighted by Crippen LogP contribution is 2.18. The number of rotatable bonds is 6. The van der Waals surface area contributed by atoms with Gasteiger partial charge in [-0.1, -0.05) is 6.07 Å². The van der Waals surface area contributed by atoms with Crippen LogP contribution in [0, 0.1) is 0 Å². The zero-order valence-electron chi connectivity index (χ0n) is 12.3.